The molecule has 2 aromatic carbocycles. The zero-order valence-corrected chi connectivity index (χ0v) is 11.8. The largest absolute Gasteiger partial charge is 0.381 e. The van der Waals surface area contributed by atoms with Gasteiger partial charge in [-0.05, 0) is 35.9 Å². The van der Waals surface area contributed by atoms with Crippen molar-refractivity contribution in [1.29, 1.82) is 0 Å². The monoisotopic (exact) mass is 300 g/mol. The highest BCUT2D eigenvalue weighted by molar-refractivity contribution is 6.30. The fraction of sp³-hybridized carbons (Fsp3) is 0.0667. The standard InChI is InChI=1S/C15H13ClN4O/c16-10-3-1-2-9(6-10)8-18-11-4-5-13-12(7-11)14(21)20-15(17)19-13/h1-7,18H,8H2,(H3,17,19,20,21). The number of benzene rings is 2. The van der Waals surface area contributed by atoms with E-state index in [0.29, 0.717) is 22.5 Å². The van der Waals surface area contributed by atoms with Gasteiger partial charge in [-0.2, -0.15) is 0 Å². The first-order valence-corrected chi connectivity index (χ1v) is 6.77. The van der Waals surface area contributed by atoms with Crippen LogP contribution in [0.15, 0.2) is 47.3 Å². The number of H-pyrrole nitrogens is 1. The van der Waals surface area contributed by atoms with Gasteiger partial charge in [0.1, 0.15) is 0 Å². The van der Waals surface area contributed by atoms with Crippen molar-refractivity contribution < 1.29 is 0 Å². The molecule has 0 saturated heterocycles. The lowest BCUT2D eigenvalue weighted by molar-refractivity contribution is 1.15. The van der Waals surface area contributed by atoms with E-state index in [4.69, 9.17) is 17.3 Å². The van der Waals surface area contributed by atoms with E-state index >= 15 is 0 Å². The van der Waals surface area contributed by atoms with Crippen molar-refractivity contribution in [3.63, 3.8) is 0 Å². The van der Waals surface area contributed by atoms with Crippen molar-refractivity contribution in [2.75, 3.05) is 11.1 Å². The summed E-state index contributed by atoms with van der Waals surface area (Å²) in [6.45, 7) is 0.617. The number of nitrogens with zero attached hydrogens (tertiary/aromatic N) is 1. The second kappa shape index (κ2) is 5.46. The summed E-state index contributed by atoms with van der Waals surface area (Å²) in [5, 5.41) is 4.45. The molecule has 0 aliphatic carbocycles. The Bertz CT molecular complexity index is 860. The third kappa shape index (κ3) is 2.98. The second-order valence-corrected chi connectivity index (χ2v) is 5.10. The summed E-state index contributed by atoms with van der Waals surface area (Å²) in [7, 11) is 0. The highest BCUT2D eigenvalue weighted by atomic mass is 35.5. The van der Waals surface area contributed by atoms with Gasteiger partial charge in [-0.15, -0.1) is 0 Å². The van der Waals surface area contributed by atoms with Crippen LogP contribution in [0.5, 0.6) is 0 Å². The number of nitrogen functional groups attached to an aromatic ring is 1. The van der Waals surface area contributed by atoms with Crippen LogP contribution in [-0.2, 0) is 6.54 Å². The molecule has 1 heterocycles. The molecule has 0 atom stereocenters. The van der Waals surface area contributed by atoms with E-state index in [1.807, 2.05) is 30.3 Å². The molecule has 0 bridgehead atoms. The Morgan fingerprint density at radius 1 is 1.24 bits per heavy atom. The van der Waals surface area contributed by atoms with Crippen molar-refractivity contribution >= 4 is 34.1 Å². The maximum Gasteiger partial charge on any atom is 0.260 e. The van der Waals surface area contributed by atoms with Crippen LogP contribution in [0.3, 0.4) is 0 Å². The van der Waals surface area contributed by atoms with Crippen molar-refractivity contribution in [1.82, 2.24) is 9.97 Å². The summed E-state index contributed by atoms with van der Waals surface area (Å²) in [6, 6.07) is 13.0. The van der Waals surface area contributed by atoms with E-state index in [1.165, 1.54) is 0 Å². The Labute approximate surface area is 125 Å². The van der Waals surface area contributed by atoms with Crippen LogP contribution in [-0.4, -0.2) is 9.97 Å². The molecule has 0 aliphatic rings. The third-order valence-corrected chi connectivity index (χ3v) is 3.34. The Hall–Kier alpha value is -2.53. The summed E-state index contributed by atoms with van der Waals surface area (Å²) >= 11 is 5.95. The lowest BCUT2D eigenvalue weighted by atomic mass is 10.2. The van der Waals surface area contributed by atoms with Crippen LogP contribution >= 0.6 is 11.6 Å². The zero-order chi connectivity index (χ0) is 14.8. The van der Waals surface area contributed by atoms with Gasteiger partial charge in [0.05, 0.1) is 10.9 Å². The number of rotatable bonds is 3. The number of nitrogens with two attached hydrogens (primary N) is 1. The molecular weight excluding hydrogens is 288 g/mol. The fourth-order valence-electron chi connectivity index (χ4n) is 2.12. The van der Waals surface area contributed by atoms with E-state index in [-0.39, 0.29) is 11.5 Å². The lowest BCUT2D eigenvalue weighted by Gasteiger charge is -2.08. The van der Waals surface area contributed by atoms with Crippen LogP contribution in [0.4, 0.5) is 11.6 Å². The molecular formula is C15H13ClN4O. The van der Waals surface area contributed by atoms with Crippen LogP contribution in [0.25, 0.3) is 10.9 Å². The second-order valence-electron chi connectivity index (χ2n) is 4.67. The van der Waals surface area contributed by atoms with Gasteiger partial charge in [0.2, 0.25) is 5.95 Å². The highest BCUT2D eigenvalue weighted by Gasteiger charge is 2.03. The van der Waals surface area contributed by atoms with Crippen molar-refractivity contribution in [2.24, 2.45) is 0 Å². The molecule has 5 nitrogen and oxygen atoms in total. The first kappa shape index (κ1) is 13.5. The molecule has 3 aromatic rings. The van der Waals surface area contributed by atoms with Crippen molar-refractivity contribution in [3.8, 4) is 0 Å². The number of anilines is 2. The number of fused-ring (bicyclic) bond motifs is 1. The fourth-order valence-corrected chi connectivity index (χ4v) is 2.33. The van der Waals surface area contributed by atoms with E-state index in [9.17, 15) is 4.79 Å². The number of aromatic nitrogens is 2. The summed E-state index contributed by atoms with van der Waals surface area (Å²) in [6.07, 6.45) is 0. The van der Waals surface area contributed by atoms with Crippen molar-refractivity contribution in [2.45, 2.75) is 6.54 Å². The Morgan fingerprint density at radius 3 is 2.90 bits per heavy atom. The van der Waals surface area contributed by atoms with Crippen LogP contribution in [0.2, 0.25) is 5.02 Å². The van der Waals surface area contributed by atoms with Gasteiger partial charge >= 0.3 is 0 Å². The van der Waals surface area contributed by atoms with Gasteiger partial charge in [0.15, 0.2) is 0 Å². The summed E-state index contributed by atoms with van der Waals surface area (Å²) < 4.78 is 0. The first-order chi connectivity index (χ1) is 10.1. The molecule has 0 saturated carbocycles. The minimum Gasteiger partial charge on any atom is -0.381 e. The molecule has 0 aliphatic heterocycles. The van der Waals surface area contributed by atoms with Crippen LogP contribution in [0.1, 0.15) is 5.56 Å². The van der Waals surface area contributed by atoms with E-state index < -0.39 is 0 Å². The normalized spacial score (nSPS) is 10.7. The number of aromatic amines is 1. The van der Waals surface area contributed by atoms with Crippen molar-refractivity contribution in [3.05, 3.63) is 63.4 Å². The predicted octanol–water partition coefficient (Wildman–Crippen LogP) is 2.77. The summed E-state index contributed by atoms with van der Waals surface area (Å²) in [5.41, 5.74) is 7.74. The topological polar surface area (TPSA) is 83.8 Å². The zero-order valence-electron chi connectivity index (χ0n) is 11.1. The molecule has 0 radical (unpaired) electrons. The Morgan fingerprint density at radius 2 is 2.10 bits per heavy atom. The quantitative estimate of drug-likeness (QED) is 0.694. The molecule has 0 amide bonds. The first-order valence-electron chi connectivity index (χ1n) is 6.40. The SMILES string of the molecule is Nc1nc2ccc(NCc3cccc(Cl)c3)cc2c(=O)[nH]1. The Kier molecular flexibility index (Phi) is 3.50. The minimum absolute atomic E-state index is 0.118. The lowest BCUT2D eigenvalue weighted by Crippen LogP contribution is -2.11. The maximum absolute atomic E-state index is 11.8. The Balaban J connectivity index is 1.86. The number of hydrogen-bond acceptors (Lipinski definition) is 4. The molecule has 0 spiro atoms. The van der Waals surface area contributed by atoms with Gasteiger partial charge in [-0.1, -0.05) is 23.7 Å². The average Bonchev–Trinajstić information content (AvgIpc) is 2.45. The molecule has 3 rings (SSSR count). The smallest absolute Gasteiger partial charge is 0.260 e. The highest BCUT2D eigenvalue weighted by Crippen LogP contribution is 2.17. The number of hydrogen-bond donors (Lipinski definition) is 3. The van der Waals surface area contributed by atoms with Crippen LogP contribution in [0, 0.1) is 0 Å². The minimum atomic E-state index is -0.246. The molecule has 0 fully saturated rings. The van der Waals surface area contributed by atoms with Gasteiger partial charge in [-0.25, -0.2) is 4.98 Å². The molecule has 0 unspecified atom stereocenters. The number of halogens is 1. The van der Waals surface area contributed by atoms with Gasteiger partial charge in [0.25, 0.3) is 5.56 Å². The molecule has 6 heteroatoms. The van der Waals surface area contributed by atoms with E-state index in [2.05, 4.69) is 15.3 Å². The maximum atomic E-state index is 11.8. The van der Waals surface area contributed by atoms with Gasteiger partial charge in [0, 0.05) is 17.3 Å². The number of nitrogens with one attached hydrogen (secondary N) is 2. The molecule has 21 heavy (non-hydrogen) atoms. The molecule has 4 N–H and O–H groups in total. The van der Waals surface area contributed by atoms with Gasteiger partial charge < -0.3 is 11.1 Å². The molecule has 1 aromatic heterocycles. The van der Waals surface area contributed by atoms with Crippen LogP contribution < -0.4 is 16.6 Å². The van der Waals surface area contributed by atoms with E-state index in [1.54, 1.807) is 12.1 Å². The average molecular weight is 301 g/mol. The summed E-state index contributed by atoms with van der Waals surface area (Å²) in [4.78, 5) is 18.4. The summed E-state index contributed by atoms with van der Waals surface area (Å²) in [5.74, 6) is 0.118. The predicted molar refractivity (Wildman–Crippen MR) is 85.6 cm³/mol. The van der Waals surface area contributed by atoms with E-state index in [0.717, 1.165) is 11.3 Å². The van der Waals surface area contributed by atoms with Gasteiger partial charge in [-0.3, -0.25) is 9.78 Å². The third-order valence-electron chi connectivity index (χ3n) is 3.11. The molecule has 106 valence electrons.